The zero-order valence-corrected chi connectivity index (χ0v) is 22.2. The second-order valence-corrected chi connectivity index (χ2v) is 10.8. The van der Waals surface area contributed by atoms with E-state index in [9.17, 15) is 4.79 Å². The predicted octanol–water partition coefficient (Wildman–Crippen LogP) is 4.10. The minimum Gasteiger partial charge on any atom is -0.378 e. The van der Waals surface area contributed by atoms with Crippen molar-refractivity contribution in [2.24, 2.45) is 24.8 Å². The zero-order valence-electron chi connectivity index (χ0n) is 22.2. The summed E-state index contributed by atoms with van der Waals surface area (Å²) in [5, 5.41) is 9.04. The Morgan fingerprint density at radius 2 is 1.68 bits per heavy atom. The van der Waals surface area contributed by atoms with Crippen LogP contribution < -0.4 is 0 Å². The Balaban J connectivity index is 1.22. The van der Waals surface area contributed by atoms with Gasteiger partial charge in [0.05, 0.1) is 31.1 Å². The molecule has 0 unspecified atom stereocenters. The van der Waals surface area contributed by atoms with Crippen molar-refractivity contribution in [2.75, 3.05) is 20.7 Å². The molecule has 1 aliphatic carbocycles. The Bertz CT molecular complexity index is 1440. The first-order valence-corrected chi connectivity index (χ1v) is 13.2. The van der Waals surface area contributed by atoms with Crippen molar-refractivity contribution in [3.8, 4) is 33.6 Å². The fraction of sp³-hybridized carbons (Fsp3) is 0.414. The highest BCUT2D eigenvalue weighted by Gasteiger charge is 2.47. The maximum Gasteiger partial charge on any atom is 0.225 e. The van der Waals surface area contributed by atoms with Gasteiger partial charge < -0.3 is 9.64 Å². The van der Waals surface area contributed by atoms with Crippen molar-refractivity contribution in [3.05, 3.63) is 61.4 Å². The fourth-order valence-corrected chi connectivity index (χ4v) is 6.12. The molecule has 5 atom stereocenters. The molecular formula is C29H33N7O2. The average Bonchev–Trinajstić information content (AvgIpc) is 3.60. The molecule has 1 aromatic carbocycles. The standard InChI is InChI=1S/C29H33N7O2/c1-18-26-10-21(29(37)34(2)3)9-22(17-38-18)27(26)36-16-25(14-33-36)23-11-30-28(31-12-23)20-7-5-6-19(8-20)24-13-32-35(4)15-24/h5-8,11-16,18,21-22,26-27H,9-10,17H2,1-4H3/t18-,21+,22+,26-,27-/m1/s1. The van der Waals surface area contributed by atoms with Crippen molar-refractivity contribution in [3.63, 3.8) is 0 Å². The molecule has 0 radical (unpaired) electrons. The number of hydrogen-bond donors (Lipinski definition) is 0. The van der Waals surface area contributed by atoms with E-state index >= 15 is 0 Å². The third kappa shape index (κ3) is 4.51. The molecule has 0 spiro atoms. The summed E-state index contributed by atoms with van der Waals surface area (Å²) in [7, 11) is 5.60. The van der Waals surface area contributed by atoms with E-state index < -0.39 is 0 Å². The van der Waals surface area contributed by atoms with Gasteiger partial charge in [-0.3, -0.25) is 14.2 Å². The van der Waals surface area contributed by atoms with Crippen LogP contribution in [0.25, 0.3) is 33.6 Å². The highest BCUT2D eigenvalue weighted by molar-refractivity contribution is 5.78. The number of fused-ring (bicyclic) bond motifs is 2. The Kier molecular flexibility index (Phi) is 6.31. The summed E-state index contributed by atoms with van der Waals surface area (Å²) >= 11 is 0. The number of rotatable bonds is 5. The van der Waals surface area contributed by atoms with Crippen LogP contribution in [-0.4, -0.2) is 67.1 Å². The Morgan fingerprint density at radius 3 is 2.42 bits per heavy atom. The fourth-order valence-electron chi connectivity index (χ4n) is 6.12. The van der Waals surface area contributed by atoms with E-state index in [1.54, 1.807) is 9.58 Å². The molecule has 196 valence electrons. The molecule has 3 aromatic heterocycles. The number of benzene rings is 1. The molecule has 1 aliphatic heterocycles. The molecule has 1 amide bonds. The molecule has 1 saturated carbocycles. The van der Waals surface area contributed by atoms with Crippen LogP contribution in [0.15, 0.2) is 61.4 Å². The molecule has 2 aliphatic rings. The number of aromatic nitrogens is 6. The normalized spacial score (nSPS) is 24.8. The summed E-state index contributed by atoms with van der Waals surface area (Å²) in [5.41, 5.74) is 5.01. The molecule has 2 bridgehead atoms. The number of carbonyl (C=O) groups excluding carboxylic acids is 1. The Hall–Kier alpha value is -3.85. The highest BCUT2D eigenvalue weighted by atomic mass is 16.5. The Morgan fingerprint density at radius 1 is 0.947 bits per heavy atom. The van der Waals surface area contributed by atoms with E-state index in [2.05, 4.69) is 45.0 Å². The lowest BCUT2D eigenvalue weighted by atomic mass is 9.68. The van der Waals surface area contributed by atoms with E-state index in [1.165, 1.54) is 0 Å². The van der Waals surface area contributed by atoms with Gasteiger partial charge in [0.25, 0.3) is 0 Å². The second-order valence-electron chi connectivity index (χ2n) is 10.8. The lowest BCUT2D eigenvalue weighted by Gasteiger charge is -2.48. The van der Waals surface area contributed by atoms with E-state index in [0.29, 0.717) is 12.4 Å². The van der Waals surface area contributed by atoms with Crippen LogP contribution in [-0.2, 0) is 16.6 Å². The molecule has 38 heavy (non-hydrogen) atoms. The largest absolute Gasteiger partial charge is 0.378 e. The van der Waals surface area contributed by atoms with Crippen LogP contribution in [0.1, 0.15) is 25.8 Å². The molecule has 4 heterocycles. The molecule has 1 saturated heterocycles. The highest BCUT2D eigenvalue weighted by Crippen LogP contribution is 2.47. The number of amides is 1. The van der Waals surface area contributed by atoms with Gasteiger partial charge in [-0.15, -0.1) is 0 Å². The minimum absolute atomic E-state index is 0.0511. The number of ether oxygens (including phenoxy) is 1. The summed E-state index contributed by atoms with van der Waals surface area (Å²) in [4.78, 5) is 23.8. The van der Waals surface area contributed by atoms with E-state index in [0.717, 1.165) is 40.7 Å². The zero-order chi connectivity index (χ0) is 26.4. The third-order valence-corrected chi connectivity index (χ3v) is 8.08. The van der Waals surface area contributed by atoms with Crippen molar-refractivity contribution in [2.45, 2.75) is 31.9 Å². The first-order valence-electron chi connectivity index (χ1n) is 13.2. The molecule has 9 nitrogen and oxygen atoms in total. The van der Waals surface area contributed by atoms with E-state index in [-0.39, 0.29) is 35.8 Å². The smallest absolute Gasteiger partial charge is 0.225 e. The van der Waals surface area contributed by atoms with Gasteiger partial charge in [-0.2, -0.15) is 10.2 Å². The Labute approximate surface area is 222 Å². The van der Waals surface area contributed by atoms with Gasteiger partial charge in [-0.05, 0) is 31.4 Å². The average molecular weight is 512 g/mol. The summed E-state index contributed by atoms with van der Waals surface area (Å²) in [6, 6.07) is 8.40. The van der Waals surface area contributed by atoms with Gasteiger partial charge in [0.1, 0.15) is 0 Å². The summed E-state index contributed by atoms with van der Waals surface area (Å²) in [6.07, 6.45) is 13.3. The summed E-state index contributed by atoms with van der Waals surface area (Å²) in [6.45, 7) is 2.78. The van der Waals surface area contributed by atoms with Crippen LogP contribution >= 0.6 is 0 Å². The van der Waals surface area contributed by atoms with Crippen molar-refractivity contribution in [1.82, 2.24) is 34.4 Å². The molecule has 9 heteroatoms. The van der Waals surface area contributed by atoms with Gasteiger partial charge in [0.2, 0.25) is 5.91 Å². The molecule has 4 aromatic rings. The van der Waals surface area contributed by atoms with Crippen LogP contribution in [0.3, 0.4) is 0 Å². The van der Waals surface area contributed by atoms with E-state index in [1.807, 2.05) is 64.3 Å². The number of hydrogen-bond acceptors (Lipinski definition) is 6. The SMILES string of the molecule is C[C@H]1OC[C@@H]2C[C@H](C(=O)N(C)C)C[C@H]1[C@@H]2n1cc(-c2cnc(-c3cccc(-c4cnn(C)c4)c3)nc2)cn1. The minimum atomic E-state index is 0.0511. The van der Waals surface area contributed by atoms with Crippen LogP contribution in [0.5, 0.6) is 0 Å². The van der Waals surface area contributed by atoms with Crippen molar-refractivity contribution < 1.29 is 9.53 Å². The van der Waals surface area contributed by atoms with Gasteiger partial charge in [0, 0.05) is 85.9 Å². The maximum absolute atomic E-state index is 12.7. The first kappa shape index (κ1) is 24.5. The van der Waals surface area contributed by atoms with Crippen LogP contribution in [0.2, 0.25) is 0 Å². The lowest BCUT2D eigenvalue weighted by molar-refractivity contribution is -0.147. The van der Waals surface area contributed by atoms with Crippen LogP contribution in [0.4, 0.5) is 0 Å². The third-order valence-electron chi connectivity index (χ3n) is 8.08. The van der Waals surface area contributed by atoms with Crippen molar-refractivity contribution >= 4 is 5.91 Å². The van der Waals surface area contributed by atoms with Gasteiger partial charge in [-0.1, -0.05) is 18.2 Å². The molecule has 6 rings (SSSR count). The lowest BCUT2D eigenvalue weighted by Crippen LogP contribution is -2.49. The quantitative estimate of drug-likeness (QED) is 0.401. The van der Waals surface area contributed by atoms with Crippen LogP contribution in [0, 0.1) is 17.8 Å². The van der Waals surface area contributed by atoms with Gasteiger partial charge >= 0.3 is 0 Å². The second kappa shape index (κ2) is 9.79. The molecular weight excluding hydrogens is 478 g/mol. The topological polar surface area (TPSA) is 91.0 Å². The maximum atomic E-state index is 12.7. The number of carbonyl (C=O) groups is 1. The van der Waals surface area contributed by atoms with Gasteiger partial charge in [-0.25, -0.2) is 9.97 Å². The van der Waals surface area contributed by atoms with Crippen molar-refractivity contribution in [1.29, 1.82) is 0 Å². The predicted molar refractivity (Wildman–Crippen MR) is 144 cm³/mol. The van der Waals surface area contributed by atoms with E-state index in [4.69, 9.17) is 9.84 Å². The molecule has 2 fully saturated rings. The molecule has 0 N–H and O–H groups in total. The summed E-state index contributed by atoms with van der Waals surface area (Å²) < 4.78 is 9.96. The summed E-state index contributed by atoms with van der Waals surface area (Å²) in [5.74, 6) is 1.45. The monoisotopic (exact) mass is 511 g/mol. The number of aryl methyl sites for hydroxylation is 1. The van der Waals surface area contributed by atoms with Gasteiger partial charge in [0.15, 0.2) is 5.82 Å². The number of nitrogens with zero attached hydrogens (tertiary/aromatic N) is 7. The first-order chi connectivity index (χ1) is 18.4.